The van der Waals surface area contributed by atoms with Crippen molar-refractivity contribution < 1.29 is 9.18 Å². The molecule has 1 fully saturated rings. The third-order valence-corrected chi connectivity index (χ3v) is 5.35. The Labute approximate surface area is 185 Å². The minimum Gasteiger partial charge on any atom is -0.370 e. The number of nitrogens with one attached hydrogen (secondary N) is 2. The van der Waals surface area contributed by atoms with Gasteiger partial charge in [-0.15, -0.1) is 0 Å². The molecule has 0 spiro atoms. The van der Waals surface area contributed by atoms with E-state index < -0.39 is 0 Å². The van der Waals surface area contributed by atoms with Crippen LogP contribution in [0.1, 0.15) is 31.4 Å². The van der Waals surface area contributed by atoms with Crippen molar-refractivity contribution in [3.8, 4) is 0 Å². The summed E-state index contributed by atoms with van der Waals surface area (Å²) in [4.78, 5) is 31.0. The van der Waals surface area contributed by atoms with Gasteiger partial charge in [0.05, 0.1) is 12.2 Å². The number of amides is 1. The fourth-order valence-corrected chi connectivity index (χ4v) is 3.74. The molecule has 1 aliphatic heterocycles. The highest BCUT2D eigenvalue weighted by molar-refractivity contribution is 5.74. The molecule has 4 N–H and O–H groups in total. The second-order valence-electron chi connectivity index (χ2n) is 7.84. The second-order valence-corrected chi connectivity index (χ2v) is 7.84. The van der Waals surface area contributed by atoms with E-state index in [4.69, 9.17) is 10.7 Å². The van der Waals surface area contributed by atoms with Crippen LogP contribution in [0.15, 0.2) is 48.9 Å². The number of rotatable bonds is 8. The first-order chi connectivity index (χ1) is 15.5. The maximum absolute atomic E-state index is 13.3. The number of hydrogen-bond donors (Lipinski definition) is 3. The first-order valence-electron chi connectivity index (χ1n) is 10.4. The summed E-state index contributed by atoms with van der Waals surface area (Å²) in [6.07, 6.45) is 6.02. The molecule has 166 valence electrons. The minimum atomic E-state index is -0.292. The lowest BCUT2D eigenvalue weighted by molar-refractivity contribution is -0.118. The van der Waals surface area contributed by atoms with Crippen molar-refractivity contribution in [1.82, 2.24) is 19.9 Å². The van der Waals surface area contributed by atoms with Crippen molar-refractivity contribution in [2.24, 2.45) is 11.7 Å². The highest BCUT2D eigenvalue weighted by Crippen LogP contribution is 2.28. The van der Waals surface area contributed by atoms with Gasteiger partial charge in [-0.25, -0.2) is 9.37 Å². The van der Waals surface area contributed by atoms with Crippen molar-refractivity contribution in [3.63, 3.8) is 0 Å². The molecule has 3 aromatic rings. The first-order valence-corrected chi connectivity index (χ1v) is 10.4. The van der Waals surface area contributed by atoms with Gasteiger partial charge >= 0.3 is 0 Å². The van der Waals surface area contributed by atoms with Crippen LogP contribution in [-0.2, 0) is 4.79 Å². The zero-order valence-electron chi connectivity index (χ0n) is 17.7. The van der Waals surface area contributed by atoms with Crippen LogP contribution in [0.25, 0.3) is 0 Å². The summed E-state index contributed by atoms with van der Waals surface area (Å²) in [7, 11) is 0. The predicted molar refractivity (Wildman–Crippen MR) is 120 cm³/mol. The molecular formula is C22H25FN8O. The molecule has 0 unspecified atom stereocenters. The Balaban J connectivity index is 1.58. The Morgan fingerprint density at radius 1 is 1.25 bits per heavy atom. The van der Waals surface area contributed by atoms with Crippen LogP contribution in [-0.4, -0.2) is 38.9 Å². The van der Waals surface area contributed by atoms with E-state index in [-0.39, 0.29) is 23.7 Å². The SMILES string of the molecule is C[C@H](Nc1nc(Nc2cnccn2)cc(N2CC[C@H](CC(N)=O)C2)n1)c1ccc(F)cc1. The molecule has 1 saturated heterocycles. The average molecular weight is 436 g/mol. The molecule has 0 bridgehead atoms. The van der Waals surface area contributed by atoms with E-state index in [1.807, 2.05) is 13.0 Å². The van der Waals surface area contributed by atoms with Crippen molar-refractivity contribution >= 4 is 29.3 Å². The quantitative estimate of drug-likeness (QED) is 0.493. The number of carbonyl (C=O) groups is 1. The number of halogens is 1. The summed E-state index contributed by atoms with van der Waals surface area (Å²) in [5.74, 6) is 1.89. The zero-order valence-corrected chi connectivity index (χ0v) is 17.7. The minimum absolute atomic E-state index is 0.142. The number of anilines is 4. The third kappa shape index (κ3) is 5.45. The Morgan fingerprint density at radius 2 is 2.06 bits per heavy atom. The molecule has 4 rings (SSSR count). The summed E-state index contributed by atoms with van der Waals surface area (Å²) >= 11 is 0. The standard InChI is InChI=1S/C22H25FN8O/c1-14(16-2-4-17(23)5-3-16)27-22-29-19(28-20-12-25-7-8-26-20)11-21(30-22)31-9-6-15(13-31)10-18(24)32/h2-5,7-8,11-12,14-15H,6,9-10,13H2,1H3,(H2,24,32)(H2,26,27,28,29,30)/t14-,15+/m0/s1. The molecule has 9 nitrogen and oxygen atoms in total. The van der Waals surface area contributed by atoms with Gasteiger partial charge < -0.3 is 21.3 Å². The van der Waals surface area contributed by atoms with Gasteiger partial charge in [0, 0.05) is 38.0 Å². The Kier molecular flexibility index (Phi) is 6.39. The van der Waals surface area contributed by atoms with Crippen molar-refractivity contribution in [1.29, 1.82) is 0 Å². The van der Waals surface area contributed by atoms with Crippen LogP contribution in [0.2, 0.25) is 0 Å². The molecule has 1 aromatic carbocycles. The maximum Gasteiger partial charge on any atom is 0.227 e. The van der Waals surface area contributed by atoms with Crippen LogP contribution >= 0.6 is 0 Å². The topological polar surface area (TPSA) is 122 Å². The van der Waals surface area contributed by atoms with Gasteiger partial charge in [0.15, 0.2) is 0 Å². The molecule has 0 saturated carbocycles. The van der Waals surface area contributed by atoms with E-state index >= 15 is 0 Å². The second kappa shape index (κ2) is 9.54. The third-order valence-electron chi connectivity index (χ3n) is 5.35. The molecule has 0 radical (unpaired) electrons. The lowest BCUT2D eigenvalue weighted by Gasteiger charge is -2.21. The molecule has 1 amide bonds. The molecule has 2 atom stereocenters. The molecule has 32 heavy (non-hydrogen) atoms. The van der Waals surface area contributed by atoms with Gasteiger partial charge in [0.1, 0.15) is 23.3 Å². The van der Waals surface area contributed by atoms with Crippen molar-refractivity contribution in [3.05, 3.63) is 60.3 Å². The lowest BCUT2D eigenvalue weighted by atomic mass is 10.1. The molecule has 10 heteroatoms. The van der Waals surface area contributed by atoms with E-state index in [0.717, 1.165) is 24.3 Å². The fourth-order valence-electron chi connectivity index (χ4n) is 3.74. The van der Waals surface area contributed by atoms with Crippen molar-refractivity contribution in [2.75, 3.05) is 28.6 Å². The van der Waals surface area contributed by atoms with Crippen LogP contribution < -0.4 is 21.3 Å². The van der Waals surface area contributed by atoms with Gasteiger partial charge in [-0.3, -0.25) is 9.78 Å². The van der Waals surface area contributed by atoms with Gasteiger partial charge in [-0.05, 0) is 37.0 Å². The van der Waals surface area contributed by atoms with Gasteiger partial charge in [-0.1, -0.05) is 12.1 Å². The highest BCUT2D eigenvalue weighted by Gasteiger charge is 2.26. The first kappa shape index (κ1) is 21.4. The summed E-state index contributed by atoms with van der Waals surface area (Å²) in [5.41, 5.74) is 6.28. The van der Waals surface area contributed by atoms with Crippen LogP contribution in [0.5, 0.6) is 0 Å². The van der Waals surface area contributed by atoms with Crippen LogP contribution in [0, 0.1) is 11.7 Å². The summed E-state index contributed by atoms with van der Waals surface area (Å²) in [6, 6.07) is 8.00. The monoisotopic (exact) mass is 436 g/mol. The number of carbonyl (C=O) groups excluding carboxylic acids is 1. The summed E-state index contributed by atoms with van der Waals surface area (Å²) in [6.45, 7) is 3.42. The average Bonchev–Trinajstić information content (AvgIpc) is 3.22. The van der Waals surface area contributed by atoms with E-state index in [1.54, 1.807) is 30.7 Å². The van der Waals surface area contributed by atoms with E-state index in [2.05, 4.69) is 30.5 Å². The molecule has 1 aliphatic rings. The molecule has 2 aromatic heterocycles. The Bertz CT molecular complexity index is 1060. The smallest absolute Gasteiger partial charge is 0.227 e. The number of hydrogen-bond acceptors (Lipinski definition) is 8. The van der Waals surface area contributed by atoms with E-state index in [1.165, 1.54) is 12.1 Å². The van der Waals surface area contributed by atoms with E-state index in [0.29, 0.717) is 30.5 Å². The number of benzene rings is 1. The van der Waals surface area contributed by atoms with Crippen molar-refractivity contribution in [2.45, 2.75) is 25.8 Å². The highest BCUT2D eigenvalue weighted by atomic mass is 19.1. The maximum atomic E-state index is 13.3. The zero-order chi connectivity index (χ0) is 22.5. The Hall–Kier alpha value is -3.82. The molecule has 0 aliphatic carbocycles. The summed E-state index contributed by atoms with van der Waals surface area (Å²) < 4.78 is 13.3. The van der Waals surface area contributed by atoms with Gasteiger partial charge in [0.25, 0.3) is 0 Å². The number of primary amides is 1. The normalized spacial score (nSPS) is 16.6. The van der Waals surface area contributed by atoms with Gasteiger partial charge in [-0.2, -0.15) is 9.97 Å². The number of aromatic nitrogens is 4. The van der Waals surface area contributed by atoms with Crippen LogP contribution in [0.4, 0.5) is 27.8 Å². The summed E-state index contributed by atoms with van der Waals surface area (Å²) in [5, 5.41) is 6.45. The van der Waals surface area contributed by atoms with E-state index in [9.17, 15) is 9.18 Å². The Morgan fingerprint density at radius 3 is 2.78 bits per heavy atom. The van der Waals surface area contributed by atoms with Gasteiger partial charge in [0.2, 0.25) is 11.9 Å². The molecule has 3 heterocycles. The van der Waals surface area contributed by atoms with Crippen LogP contribution in [0.3, 0.4) is 0 Å². The molecular weight excluding hydrogens is 411 g/mol. The number of nitrogens with two attached hydrogens (primary N) is 1. The largest absolute Gasteiger partial charge is 0.370 e. The lowest BCUT2D eigenvalue weighted by Crippen LogP contribution is -2.24. The fraction of sp³-hybridized carbons (Fsp3) is 0.318. The predicted octanol–water partition coefficient (Wildman–Crippen LogP) is 3.02. The number of nitrogens with zero attached hydrogens (tertiary/aromatic N) is 5.